The molecule has 170 valence electrons. The number of carboxylic acids is 1. The maximum Gasteiger partial charge on any atom is 0.307 e. The molecule has 1 unspecified atom stereocenters. The summed E-state index contributed by atoms with van der Waals surface area (Å²) in [6.07, 6.45) is 1.40. The quantitative estimate of drug-likeness (QED) is 0.461. The van der Waals surface area contributed by atoms with Crippen LogP contribution < -0.4 is 0 Å². The second-order valence-corrected chi connectivity index (χ2v) is 7.44. The van der Waals surface area contributed by atoms with E-state index in [-0.39, 0.29) is 36.7 Å². The number of carbonyl (C=O) groups is 1. The highest BCUT2D eigenvalue weighted by Gasteiger charge is 2.26. The Labute approximate surface area is 184 Å². The van der Waals surface area contributed by atoms with E-state index in [4.69, 9.17) is 9.84 Å². The van der Waals surface area contributed by atoms with Crippen molar-refractivity contribution >= 4 is 18.4 Å². The van der Waals surface area contributed by atoms with Crippen molar-refractivity contribution in [2.24, 2.45) is 5.92 Å². The largest absolute Gasteiger partial charge is 0.481 e. The lowest BCUT2D eigenvalue weighted by atomic mass is 9.91. The molecule has 2 aromatic rings. The van der Waals surface area contributed by atoms with E-state index in [0.29, 0.717) is 19.5 Å². The number of hydrogen-bond acceptors (Lipinski definition) is 3. The molecule has 0 radical (unpaired) electrons. The zero-order valence-corrected chi connectivity index (χ0v) is 17.5. The summed E-state index contributed by atoms with van der Waals surface area (Å²) in [6.45, 7) is 1.62. The van der Waals surface area contributed by atoms with E-state index in [2.05, 4.69) is 0 Å². The molecule has 0 spiro atoms. The molecule has 2 aromatic carbocycles. The average molecular weight is 462 g/mol. The first-order valence-electron chi connectivity index (χ1n) is 9.78. The molecule has 1 atom stereocenters. The van der Waals surface area contributed by atoms with Crippen LogP contribution >= 0.6 is 12.4 Å². The summed E-state index contributed by atoms with van der Waals surface area (Å²) in [5.74, 6) is -5.16. The van der Waals surface area contributed by atoms with E-state index in [9.17, 15) is 22.4 Å². The van der Waals surface area contributed by atoms with Gasteiger partial charge < -0.3 is 14.7 Å². The van der Waals surface area contributed by atoms with Gasteiger partial charge in [0.25, 0.3) is 0 Å². The number of nitrogens with zero attached hydrogens (tertiary/aromatic N) is 1. The van der Waals surface area contributed by atoms with E-state index in [1.165, 1.54) is 0 Å². The minimum atomic E-state index is -1.04. The molecule has 31 heavy (non-hydrogen) atoms. The first kappa shape index (κ1) is 25.1. The van der Waals surface area contributed by atoms with Crippen molar-refractivity contribution in [2.75, 3.05) is 32.8 Å². The number of rotatable bonds is 8. The van der Waals surface area contributed by atoms with Crippen molar-refractivity contribution in [1.82, 2.24) is 4.90 Å². The summed E-state index contributed by atoms with van der Waals surface area (Å²) >= 11 is 0. The lowest BCUT2D eigenvalue weighted by molar-refractivity contribution is -0.143. The third kappa shape index (κ3) is 6.66. The van der Waals surface area contributed by atoms with Gasteiger partial charge in [0.2, 0.25) is 0 Å². The van der Waals surface area contributed by atoms with Crippen molar-refractivity contribution < 1.29 is 32.2 Å². The molecule has 9 heteroatoms. The number of carboxylic acid groups (broad SMARTS) is 1. The highest BCUT2D eigenvalue weighted by molar-refractivity contribution is 5.85. The van der Waals surface area contributed by atoms with Crippen LogP contribution in [0.4, 0.5) is 17.6 Å². The summed E-state index contributed by atoms with van der Waals surface area (Å²) in [5, 5.41) is 9.16. The van der Waals surface area contributed by atoms with Crippen LogP contribution in [-0.4, -0.2) is 48.8 Å². The lowest BCUT2D eigenvalue weighted by Crippen LogP contribution is -2.40. The van der Waals surface area contributed by atoms with Crippen molar-refractivity contribution in [3.8, 4) is 0 Å². The second kappa shape index (κ2) is 11.5. The van der Waals surface area contributed by atoms with Crippen LogP contribution in [0, 0.1) is 29.2 Å². The monoisotopic (exact) mass is 461 g/mol. The van der Waals surface area contributed by atoms with Crippen LogP contribution in [0.25, 0.3) is 0 Å². The van der Waals surface area contributed by atoms with Crippen LogP contribution in [-0.2, 0) is 9.53 Å². The van der Waals surface area contributed by atoms with E-state index in [1.807, 2.05) is 4.90 Å². The summed E-state index contributed by atoms with van der Waals surface area (Å²) in [5.41, 5.74) is -0.244. The maximum atomic E-state index is 14.4. The summed E-state index contributed by atoms with van der Waals surface area (Å²) < 4.78 is 61.7. The molecule has 3 rings (SSSR count). The Morgan fingerprint density at radius 3 is 2.19 bits per heavy atom. The van der Waals surface area contributed by atoms with Crippen LogP contribution in [0.5, 0.6) is 0 Å². The molecule has 1 fully saturated rings. The summed E-state index contributed by atoms with van der Waals surface area (Å²) in [7, 11) is 0. The minimum Gasteiger partial charge on any atom is -0.481 e. The Hall–Kier alpha value is -2.16. The van der Waals surface area contributed by atoms with Crippen molar-refractivity contribution in [3.05, 3.63) is 70.8 Å². The highest BCUT2D eigenvalue weighted by atomic mass is 35.5. The zero-order valence-electron chi connectivity index (χ0n) is 16.7. The Bertz CT molecular complexity index is 848. The molecule has 0 amide bonds. The van der Waals surface area contributed by atoms with Gasteiger partial charge in [0, 0.05) is 30.1 Å². The number of piperidine rings is 1. The molecule has 0 aromatic heterocycles. The third-order valence-corrected chi connectivity index (χ3v) is 5.36. The minimum absolute atomic E-state index is 0. The molecule has 4 nitrogen and oxygen atoms in total. The molecular formula is C22H24ClF4NO3. The highest BCUT2D eigenvalue weighted by Crippen LogP contribution is 2.30. The first-order chi connectivity index (χ1) is 14.3. The summed E-state index contributed by atoms with van der Waals surface area (Å²) in [6, 6.07) is 5.69. The molecule has 0 saturated carbocycles. The van der Waals surface area contributed by atoms with Crippen LogP contribution in [0.2, 0.25) is 0 Å². The van der Waals surface area contributed by atoms with Gasteiger partial charge in [-0.05, 0) is 55.8 Å². The lowest BCUT2D eigenvalue weighted by Gasteiger charge is -2.30. The Kier molecular flexibility index (Phi) is 9.28. The predicted octanol–water partition coefficient (Wildman–Crippen LogP) is 4.61. The fourth-order valence-corrected chi connectivity index (χ4v) is 3.77. The third-order valence-electron chi connectivity index (χ3n) is 5.36. The topological polar surface area (TPSA) is 49.8 Å². The van der Waals surface area contributed by atoms with Crippen molar-refractivity contribution in [2.45, 2.75) is 18.8 Å². The smallest absolute Gasteiger partial charge is 0.307 e. The van der Waals surface area contributed by atoms with E-state index in [0.717, 1.165) is 49.4 Å². The number of benzene rings is 2. The van der Waals surface area contributed by atoms with Gasteiger partial charge in [0.1, 0.15) is 23.3 Å². The van der Waals surface area contributed by atoms with Gasteiger partial charge in [-0.15, -0.1) is 12.4 Å². The number of ether oxygens (including phenoxy) is 1. The number of hydrogen-bond donors (Lipinski definition) is 1. The van der Waals surface area contributed by atoms with Gasteiger partial charge >= 0.3 is 5.97 Å². The van der Waals surface area contributed by atoms with E-state index in [1.54, 1.807) is 0 Å². The molecule has 0 aliphatic carbocycles. The SMILES string of the molecule is Cl.O=C(O)C1CCCN(CCOCC(c2cc(F)ccc2F)c2cc(F)ccc2F)C1. The van der Waals surface area contributed by atoms with Crippen LogP contribution in [0.1, 0.15) is 29.9 Å². The number of likely N-dealkylation sites (tertiary alicyclic amines) is 1. The first-order valence-corrected chi connectivity index (χ1v) is 9.78. The van der Waals surface area contributed by atoms with Gasteiger partial charge in [0.15, 0.2) is 0 Å². The van der Waals surface area contributed by atoms with Gasteiger partial charge in [-0.1, -0.05) is 0 Å². The molecule has 0 bridgehead atoms. The average Bonchev–Trinajstić information content (AvgIpc) is 2.72. The van der Waals surface area contributed by atoms with Crippen LogP contribution in [0.3, 0.4) is 0 Å². The zero-order chi connectivity index (χ0) is 21.7. The molecule has 1 aliphatic rings. The molecule has 1 heterocycles. The van der Waals surface area contributed by atoms with Gasteiger partial charge in [0.05, 0.1) is 19.1 Å². The molecule has 1 N–H and O–H groups in total. The van der Waals surface area contributed by atoms with Crippen molar-refractivity contribution in [3.63, 3.8) is 0 Å². The Balaban J connectivity index is 0.00000341. The summed E-state index contributed by atoms with van der Waals surface area (Å²) in [4.78, 5) is 13.1. The normalized spacial score (nSPS) is 16.9. The fraction of sp³-hybridized carbons (Fsp3) is 0.409. The fourth-order valence-electron chi connectivity index (χ4n) is 3.77. The Morgan fingerprint density at radius 2 is 1.65 bits per heavy atom. The van der Waals surface area contributed by atoms with Gasteiger partial charge in [-0.3, -0.25) is 4.79 Å². The standard InChI is InChI=1S/C22H23F4NO3.ClH/c23-15-3-5-20(25)17(10-15)19(18-11-16(24)4-6-21(18)26)13-30-9-8-27-7-1-2-14(12-27)22(28)29;/h3-6,10-11,14,19H,1-2,7-9,12-13H2,(H,28,29);1H. The van der Waals surface area contributed by atoms with Gasteiger partial charge in [-0.2, -0.15) is 0 Å². The Morgan fingerprint density at radius 1 is 1.06 bits per heavy atom. The number of aliphatic carboxylic acids is 1. The van der Waals surface area contributed by atoms with E-state index >= 15 is 0 Å². The molecule has 1 saturated heterocycles. The van der Waals surface area contributed by atoms with E-state index < -0.39 is 41.1 Å². The molecular weight excluding hydrogens is 438 g/mol. The van der Waals surface area contributed by atoms with Crippen molar-refractivity contribution in [1.29, 1.82) is 0 Å². The number of halogens is 5. The second-order valence-electron chi connectivity index (χ2n) is 7.44. The maximum absolute atomic E-state index is 14.4. The molecule has 1 aliphatic heterocycles. The van der Waals surface area contributed by atoms with Crippen LogP contribution in [0.15, 0.2) is 36.4 Å². The van der Waals surface area contributed by atoms with Gasteiger partial charge in [-0.25, -0.2) is 17.6 Å². The predicted molar refractivity (Wildman–Crippen MR) is 109 cm³/mol.